The Morgan fingerprint density at radius 3 is 2.75 bits per heavy atom. The number of hydrogen-bond donors (Lipinski definition) is 1. The molecule has 1 fully saturated rings. The van der Waals surface area contributed by atoms with E-state index in [0.29, 0.717) is 0 Å². The van der Waals surface area contributed by atoms with Gasteiger partial charge in [-0.15, -0.1) is 0 Å². The van der Waals surface area contributed by atoms with Gasteiger partial charge in [0.2, 0.25) is 0 Å². The van der Waals surface area contributed by atoms with Gasteiger partial charge in [0.25, 0.3) is 0 Å². The number of H-pyrrole nitrogens is 1. The molecule has 2 nitrogen and oxygen atoms in total. The number of rotatable bonds is 1. The fourth-order valence-electron chi connectivity index (χ4n) is 1.53. The highest BCUT2D eigenvalue weighted by Crippen LogP contribution is 2.08. The van der Waals surface area contributed by atoms with E-state index in [4.69, 9.17) is 11.6 Å². The molecule has 0 aromatic carbocycles. The Labute approximate surface area is 76.9 Å². The fraction of sp³-hybridized carbons (Fsp3) is 0.444. The van der Waals surface area contributed by atoms with Gasteiger partial charge in [0.1, 0.15) is 18.8 Å². The lowest BCUT2D eigenvalue weighted by molar-refractivity contribution is -0.500. The highest BCUT2D eigenvalue weighted by atomic mass is 35.5. The van der Waals surface area contributed by atoms with E-state index in [2.05, 4.69) is 15.8 Å². The van der Waals surface area contributed by atoms with Crippen molar-refractivity contribution in [3.63, 3.8) is 0 Å². The van der Waals surface area contributed by atoms with Gasteiger partial charge in [-0.3, -0.25) is 0 Å². The summed E-state index contributed by atoms with van der Waals surface area (Å²) in [5.74, 6) is 0. The molecule has 0 aliphatic carbocycles. The zero-order chi connectivity index (χ0) is 8.39. The molecule has 2 heterocycles. The standard InChI is InChI=1S/C9H11ClN2/c10-8-5-9(11-6-8)7-12-3-1-2-4-12/h5-7H,1-4H2/p+1. The van der Waals surface area contributed by atoms with Crippen LogP contribution in [0.15, 0.2) is 12.3 Å². The van der Waals surface area contributed by atoms with E-state index >= 15 is 0 Å². The molecule has 0 bridgehead atoms. The summed E-state index contributed by atoms with van der Waals surface area (Å²) < 4.78 is 2.32. The van der Waals surface area contributed by atoms with Crippen LogP contribution in [0.3, 0.4) is 0 Å². The van der Waals surface area contributed by atoms with Crippen molar-refractivity contribution in [1.82, 2.24) is 4.98 Å². The minimum Gasteiger partial charge on any atom is -0.355 e. The van der Waals surface area contributed by atoms with E-state index in [1.54, 1.807) is 0 Å². The number of aromatic nitrogens is 1. The molecule has 12 heavy (non-hydrogen) atoms. The lowest BCUT2D eigenvalue weighted by Crippen LogP contribution is -2.07. The lowest BCUT2D eigenvalue weighted by atomic mass is 10.4. The largest absolute Gasteiger partial charge is 0.355 e. The maximum atomic E-state index is 5.78. The summed E-state index contributed by atoms with van der Waals surface area (Å²) in [5.41, 5.74) is 1.10. The molecule has 1 saturated heterocycles. The molecule has 1 aliphatic heterocycles. The maximum absolute atomic E-state index is 5.78. The summed E-state index contributed by atoms with van der Waals surface area (Å²) in [7, 11) is 0. The number of hydrogen-bond acceptors (Lipinski definition) is 0. The van der Waals surface area contributed by atoms with Crippen LogP contribution in [-0.4, -0.2) is 28.9 Å². The summed E-state index contributed by atoms with van der Waals surface area (Å²) in [5, 5.41) is 0.778. The van der Waals surface area contributed by atoms with E-state index in [1.807, 2.05) is 12.3 Å². The number of aromatic amines is 1. The molecule has 2 rings (SSSR count). The van der Waals surface area contributed by atoms with Crippen molar-refractivity contribution in [2.45, 2.75) is 12.8 Å². The van der Waals surface area contributed by atoms with E-state index < -0.39 is 0 Å². The Morgan fingerprint density at radius 2 is 2.17 bits per heavy atom. The summed E-state index contributed by atoms with van der Waals surface area (Å²) in [6, 6.07) is 1.94. The molecular formula is C9H12ClN2+. The second kappa shape index (κ2) is 3.31. The van der Waals surface area contributed by atoms with E-state index in [1.165, 1.54) is 25.9 Å². The van der Waals surface area contributed by atoms with Crippen molar-refractivity contribution in [3.8, 4) is 0 Å². The minimum absolute atomic E-state index is 0.778. The number of nitrogens with zero attached hydrogens (tertiary/aromatic N) is 1. The molecule has 0 unspecified atom stereocenters. The summed E-state index contributed by atoms with van der Waals surface area (Å²) >= 11 is 5.78. The topological polar surface area (TPSA) is 18.8 Å². The Balaban J connectivity index is 2.15. The molecule has 1 aromatic rings. The molecule has 1 aromatic heterocycles. The molecule has 0 saturated carbocycles. The number of halogens is 1. The maximum Gasteiger partial charge on any atom is 0.187 e. The van der Waals surface area contributed by atoms with Crippen molar-refractivity contribution in [1.29, 1.82) is 0 Å². The summed E-state index contributed by atoms with van der Waals surface area (Å²) in [6.07, 6.45) is 6.57. The van der Waals surface area contributed by atoms with Crippen LogP contribution in [0.2, 0.25) is 5.02 Å². The van der Waals surface area contributed by atoms with Gasteiger partial charge in [-0.05, 0) is 6.07 Å². The minimum atomic E-state index is 0.778. The molecular weight excluding hydrogens is 172 g/mol. The fourth-order valence-corrected chi connectivity index (χ4v) is 1.70. The Kier molecular flexibility index (Phi) is 2.17. The van der Waals surface area contributed by atoms with Gasteiger partial charge in [-0.2, -0.15) is 0 Å². The quantitative estimate of drug-likeness (QED) is 0.642. The van der Waals surface area contributed by atoms with Gasteiger partial charge in [0.15, 0.2) is 6.21 Å². The molecule has 3 heteroatoms. The van der Waals surface area contributed by atoms with Gasteiger partial charge in [0.05, 0.1) is 5.02 Å². The van der Waals surface area contributed by atoms with Crippen LogP contribution in [0.5, 0.6) is 0 Å². The third kappa shape index (κ3) is 1.69. The Hall–Kier alpha value is -0.760. The van der Waals surface area contributed by atoms with Crippen molar-refractivity contribution in [2.24, 2.45) is 0 Å². The van der Waals surface area contributed by atoms with Crippen LogP contribution in [0.4, 0.5) is 0 Å². The van der Waals surface area contributed by atoms with Gasteiger partial charge in [-0.1, -0.05) is 11.6 Å². The predicted octanol–water partition coefficient (Wildman–Crippen LogP) is 1.89. The van der Waals surface area contributed by atoms with Crippen LogP contribution in [-0.2, 0) is 0 Å². The van der Waals surface area contributed by atoms with Crippen LogP contribution in [0.25, 0.3) is 0 Å². The first-order valence-electron chi connectivity index (χ1n) is 4.27. The van der Waals surface area contributed by atoms with Crippen molar-refractivity contribution >= 4 is 17.8 Å². The average Bonchev–Trinajstić information content (AvgIpc) is 2.63. The second-order valence-corrected chi connectivity index (χ2v) is 3.58. The zero-order valence-electron chi connectivity index (χ0n) is 6.89. The van der Waals surface area contributed by atoms with Crippen LogP contribution in [0, 0.1) is 0 Å². The third-order valence-corrected chi connectivity index (χ3v) is 2.35. The first kappa shape index (κ1) is 7.87. The Bertz CT molecular complexity index is 293. The lowest BCUT2D eigenvalue weighted by Gasteiger charge is -1.88. The van der Waals surface area contributed by atoms with Crippen molar-refractivity contribution in [3.05, 3.63) is 23.0 Å². The van der Waals surface area contributed by atoms with Crippen LogP contribution >= 0.6 is 11.6 Å². The highest BCUT2D eigenvalue weighted by Gasteiger charge is 2.12. The first-order chi connectivity index (χ1) is 5.84. The zero-order valence-corrected chi connectivity index (χ0v) is 7.64. The van der Waals surface area contributed by atoms with Crippen LogP contribution in [0.1, 0.15) is 18.5 Å². The smallest absolute Gasteiger partial charge is 0.187 e. The van der Waals surface area contributed by atoms with Gasteiger partial charge < -0.3 is 4.98 Å². The summed E-state index contributed by atoms with van der Waals surface area (Å²) in [4.78, 5) is 3.10. The molecule has 0 atom stereocenters. The summed E-state index contributed by atoms with van der Waals surface area (Å²) in [6.45, 7) is 2.35. The first-order valence-corrected chi connectivity index (χ1v) is 4.65. The molecule has 64 valence electrons. The van der Waals surface area contributed by atoms with Crippen LogP contribution < -0.4 is 0 Å². The van der Waals surface area contributed by atoms with Gasteiger partial charge in [0, 0.05) is 19.0 Å². The van der Waals surface area contributed by atoms with E-state index in [-0.39, 0.29) is 0 Å². The predicted molar refractivity (Wildman–Crippen MR) is 50.2 cm³/mol. The van der Waals surface area contributed by atoms with E-state index in [9.17, 15) is 0 Å². The van der Waals surface area contributed by atoms with Gasteiger partial charge in [-0.25, -0.2) is 4.58 Å². The number of nitrogens with one attached hydrogen (secondary N) is 1. The highest BCUT2D eigenvalue weighted by molar-refractivity contribution is 6.30. The SMILES string of the molecule is Clc1c[nH]c(C=[N+]2CCCC2)c1. The molecule has 0 amide bonds. The van der Waals surface area contributed by atoms with E-state index in [0.717, 1.165) is 10.7 Å². The normalized spacial score (nSPS) is 16.9. The third-order valence-electron chi connectivity index (χ3n) is 2.13. The average molecular weight is 184 g/mol. The monoisotopic (exact) mass is 183 g/mol. The Morgan fingerprint density at radius 1 is 1.42 bits per heavy atom. The molecule has 1 aliphatic rings. The van der Waals surface area contributed by atoms with Crippen molar-refractivity contribution in [2.75, 3.05) is 13.1 Å². The van der Waals surface area contributed by atoms with Crippen molar-refractivity contribution < 1.29 is 4.58 Å². The molecule has 0 radical (unpaired) electrons. The van der Waals surface area contributed by atoms with Gasteiger partial charge >= 0.3 is 0 Å². The molecule has 0 spiro atoms. The molecule has 1 N–H and O–H groups in total. The second-order valence-electron chi connectivity index (χ2n) is 3.15.